The molecule has 0 bridgehead atoms. The number of ketones is 2. The quantitative estimate of drug-likeness (QED) is 0.544. The fraction of sp³-hybridized carbons (Fsp3) is 0.455. The third-order valence-corrected chi connectivity index (χ3v) is 1.60. The third kappa shape index (κ3) is 7.43. The van der Waals surface area contributed by atoms with Crippen LogP contribution in [0.2, 0.25) is 0 Å². The summed E-state index contributed by atoms with van der Waals surface area (Å²) in [6.45, 7) is 3.36. The molecule has 14 heavy (non-hydrogen) atoms. The molecule has 0 amide bonds. The van der Waals surface area contributed by atoms with Crippen LogP contribution in [0.3, 0.4) is 0 Å². The molecule has 0 saturated heterocycles. The molecular weight excluding hydrogens is 178 g/mol. The molecule has 3 heteroatoms. The highest BCUT2D eigenvalue weighted by Crippen LogP contribution is 1.90. The molecule has 0 fully saturated rings. The van der Waals surface area contributed by atoms with Crippen molar-refractivity contribution < 1.29 is 9.59 Å². The molecule has 0 heterocycles. The van der Waals surface area contributed by atoms with Crippen LogP contribution < -0.4 is 5.32 Å². The average Bonchev–Trinajstić information content (AvgIpc) is 2.20. The van der Waals surface area contributed by atoms with Gasteiger partial charge < -0.3 is 5.32 Å². The van der Waals surface area contributed by atoms with Crippen molar-refractivity contribution in [3.8, 4) is 0 Å². The maximum atomic E-state index is 10.3. The molecule has 0 unspecified atom stereocenters. The summed E-state index contributed by atoms with van der Waals surface area (Å²) in [6, 6.07) is 0. The van der Waals surface area contributed by atoms with Gasteiger partial charge in [-0.1, -0.05) is 13.3 Å². The molecule has 0 radical (unpaired) electrons. The number of carbonyl (C=O) groups excluding carboxylic acids is 2. The van der Waals surface area contributed by atoms with Crippen molar-refractivity contribution in [2.45, 2.75) is 19.8 Å². The largest absolute Gasteiger partial charge is 0.320 e. The highest BCUT2D eigenvalue weighted by molar-refractivity contribution is 6.14. The van der Waals surface area contributed by atoms with Crippen LogP contribution in [0.5, 0.6) is 0 Å². The Labute approximate surface area is 84.9 Å². The molecule has 3 nitrogen and oxygen atoms in total. The van der Waals surface area contributed by atoms with Gasteiger partial charge in [-0.15, -0.1) is 0 Å². The Morgan fingerprint density at radius 3 is 1.71 bits per heavy atom. The number of unbranched alkanes of at least 4 members (excludes halogenated alkanes) is 1. The Morgan fingerprint density at radius 2 is 1.50 bits per heavy atom. The van der Waals surface area contributed by atoms with Crippen molar-refractivity contribution >= 4 is 11.6 Å². The Morgan fingerprint density at radius 1 is 1.07 bits per heavy atom. The molecule has 0 saturated carbocycles. The van der Waals surface area contributed by atoms with Gasteiger partial charge in [0.1, 0.15) is 0 Å². The molecule has 0 aromatic heterocycles. The first kappa shape index (κ1) is 12.8. The standard InChI is InChI=1S/C6H4O2.C5H13N/c7-5-1-2-6(8)4-3-5;1-3-4-5-6-2/h1-4H;6H,3-5H2,1-2H3. The summed E-state index contributed by atoms with van der Waals surface area (Å²) in [5.41, 5.74) is 0. The van der Waals surface area contributed by atoms with E-state index in [0.29, 0.717) is 0 Å². The molecule has 0 spiro atoms. The molecule has 0 aromatic rings. The maximum Gasteiger partial charge on any atom is 0.178 e. The minimum Gasteiger partial charge on any atom is -0.320 e. The fourth-order valence-corrected chi connectivity index (χ4v) is 0.793. The number of nitrogens with one attached hydrogen (secondary N) is 1. The first-order chi connectivity index (χ1) is 6.70. The normalized spacial score (nSPS) is 13.9. The van der Waals surface area contributed by atoms with Gasteiger partial charge >= 0.3 is 0 Å². The lowest BCUT2D eigenvalue weighted by molar-refractivity contribution is -0.113. The zero-order chi connectivity index (χ0) is 10.8. The second-order valence-electron chi connectivity index (χ2n) is 2.93. The summed E-state index contributed by atoms with van der Waals surface area (Å²) in [5, 5.41) is 3.07. The van der Waals surface area contributed by atoms with Gasteiger partial charge in [0.15, 0.2) is 11.6 Å². The zero-order valence-corrected chi connectivity index (χ0v) is 8.75. The maximum absolute atomic E-state index is 10.3. The fourth-order valence-electron chi connectivity index (χ4n) is 0.793. The van der Waals surface area contributed by atoms with E-state index in [4.69, 9.17) is 0 Å². The van der Waals surface area contributed by atoms with E-state index < -0.39 is 0 Å². The monoisotopic (exact) mass is 195 g/mol. The molecule has 0 atom stereocenters. The average molecular weight is 195 g/mol. The van der Waals surface area contributed by atoms with E-state index in [2.05, 4.69) is 12.2 Å². The van der Waals surface area contributed by atoms with Crippen LogP contribution in [-0.2, 0) is 9.59 Å². The highest BCUT2D eigenvalue weighted by Gasteiger charge is 1.97. The molecule has 78 valence electrons. The SMILES string of the molecule is CCCCNC.O=C1C=CC(=O)C=C1. The molecule has 1 rings (SSSR count). The summed E-state index contributed by atoms with van der Waals surface area (Å²) >= 11 is 0. The van der Waals surface area contributed by atoms with E-state index in [1.54, 1.807) is 0 Å². The van der Waals surface area contributed by atoms with Crippen LogP contribution in [-0.4, -0.2) is 25.2 Å². The van der Waals surface area contributed by atoms with Crippen LogP contribution in [0.15, 0.2) is 24.3 Å². The van der Waals surface area contributed by atoms with Crippen molar-refractivity contribution in [1.82, 2.24) is 5.32 Å². The summed E-state index contributed by atoms with van der Waals surface area (Å²) < 4.78 is 0. The predicted octanol–water partition coefficient (Wildman–Crippen LogP) is 1.26. The molecular formula is C11H17NO2. The highest BCUT2D eigenvalue weighted by atomic mass is 16.1. The van der Waals surface area contributed by atoms with E-state index in [0.717, 1.165) is 6.54 Å². The van der Waals surface area contributed by atoms with Crippen molar-refractivity contribution in [3.05, 3.63) is 24.3 Å². The lowest BCUT2D eigenvalue weighted by Gasteiger charge is -1.89. The van der Waals surface area contributed by atoms with Gasteiger partial charge in [0.25, 0.3) is 0 Å². The Kier molecular flexibility index (Phi) is 7.65. The minimum atomic E-state index is -0.121. The number of allylic oxidation sites excluding steroid dienone is 4. The van der Waals surface area contributed by atoms with E-state index >= 15 is 0 Å². The van der Waals surface area contributed by atoms with Crippen LogP contribution in [0.25, 0.3) is 0 Å². The van der Waals surface area contributed by atoms with Gasteiger partial charge in [-0.25, -0.2) is 0 Å². The van der Waals surface area contributed by atoms with Crippen molar-refractivity contribution in [1.29, 1.82) is 0 Å². The van der Waals surface area contributed by atoms with Crippen molar-refractivity contribution in [2.24, 2.45) is 0 Å². The second-order valence-corrected chi connectivity index (χ2v) is 2.93. The van der Waals surface area contributed by atoms with Gasteiger partial charge in [-0.3, -0.25) is 9.59 Å². The minimum absolute atomic E-state index is 0.121. The Hall–Kier alpha value is -1.22. The third-order valence-electron chi connectivity index (χ3n) is 1.60. The van der Waals surface area contributed by atoms with E-state index in [1.807, 2.05) is 7.05 Å². The van der Waals surface area contributed by atoms with Crippen molar-refractivity contribution in [2.75, 3.05) is 13.6 Å². The van der Waals surface area contributed by atoms with Crippen LogP contribution in [0.4, 0.5) is 0 Å². The summed E-state index contributed by atoms with van der Waals surface area (Å²) in [6.07, 6.45) is 7.60. The second kappa shape index (κ2) is 8.38. The number of carbonyl (C=O) groups is 2. The molecule has 1 aliphatic carbocycles. The smallest absolute Gasteiger partial charge is 0.178 e. The van der Waals surface area contributed by atoms with Gasteiger partial charge in [-0.2, -0.15) is 0 Å². The van der Waals surface area contributed by atoms with Crippen molar-refractivity contribution in [3.63, 3.8) is 0 Å². The lowest BCUT2D eigenvalue weighted by Crippen LogP contribution is -2.06. The van der Waals surface area contributed by atoms with E-state index in [9.17, 15) is 9.59 Å². The van der Waals surface area contributed by atoms with E-state index in [1.165, 1.54) is 37.1 Å². The predicted molar refractivity (Wildman–Crippen MR) is 57.1 cm³/mol. The molecule has 0 aliphatic heterocycles. The topological polar surface area (TPSA) is 46.2 Å². The number of hydrogen-bond donors (Lipinski definition) is 1. The Bertz CT molecular complexity index is 200. The summed E-state index contributed by atoms with van der Waals surface area (Å²) in [4.78, 5) is 20.6. The Balaban J connectivity index is 0.000000255. The lowest BCUT2D eigenvalue weighted by atomic mass is 10.2. The molecule has 1 aliphatic rings. The molecule has 1 N–H and O–H groups in total. The van der Waals surface area contributed by atoms with Crippen LogP contribution in [0.1, 0.15) is 19.8 Å². The number of rotatable bonds is 3. The zero-order valence-electron chi connectivity index (χ0n) is 8.75. The summed E-state index contributed by atoms with van der Waals surface area (Å²) in [7, 11) is 1.98. The van der Waals surface area contributed by atoms with Crippen LogP contribution in [0, 0.1) is 0 Å². The van der Waals surface area contributed by atoms with Gasteiger partial charge in [0.05, 0.1) is 0 Å². The van der Waals surface area contributed by atoms with E-state index in [-0.39, 0.29) is 11.6 Å². The molecule has 0 aromatic carbocycles. The van der Waals surface area contributed by atoms with Gasteiger partial charge in [0.2, 0.25) is 0 Å². The van der Waals surface area contributed by atoms with Crippen LogP contribution >= 0.6 is 0 Å². The first-order valence-corrected chi connectivity index (χ1v) is 4.79. The first-order valence-electron chi connectivity index (χ1n) is 4.79. The summed E-state index contributed by atoms with van der Waals surface area (Å²) in [5.74, 6) is -0.241. The van der Waals surface area contributed by atoms with Gasteiger partial charge in [-0.05, 0) is 44.3 Å². The van der Waals surface area contributed by atoms with Gasteiger partial charge in [0, 0.05) is 0 Å². The number of hydrogen-bond acceptors (Lipinski definition) is 3.